The van der Waals surface area contributed by atoms with Crippen LogP contribution in [0.2, 0.25) is 0 Å². The van der Waals surface area contributed by atoms with Crippen LogP contribution >= 0.6 is 11.3 Å². The average molecular weight is 371 g/mol. The van der Waals surface area contributed by atoms with Crippen LogP contribution in [0.4, 0.5) is 5.69 Å². The molecule has 1 aromatic heterocycles. The Hall–Kier alpha value is -2.71. The van der Waals surface area contributed by atoms with Crippen LogP contribution in [0.15, 0.2) is 35.7 Å². The molecule has 2 aliphatic rings. The lowest BCUT2D eigenvalue weighted by atomic mass is 10.1. The van der Waals surface area contributed by atoms with Crippen molar-refractivity contribution < 1.29 is 19.5 Å². The van der Waals surface area contributed by atoms with E-state index in [0.29, 0.717) is 17.8 Å². The maximum absolute atomic E-state index is 13.1. The molecule has 26 heavy (non-hydrogen) atoms. The summed E-state index contributed by atoms with van der Waals surface area (Å²) >= 11 is 1.58. The average Bonchev–Trinajstić information content (AvgIpc) is 3.18. The Balaban J connectivity index is 1.68. The van der Waals surface area contributed by atoms with Crippen molar-refractivity contribution in [2.75, 3.05) is 31.6 Å². The van der Waals surface area contributed by atoms with Gasteiger partial charge in [-0.3, -0.25) is 14.4 Å². The number of nitrogens with zero attached hydrogens (tertiary/aromatic N) is 2. The van der Waals surface area contributed by atoms with Crippen LogP contribution in [-0.2, 0) is 9.59 Å². The van der Waals surface area contributed by atoms with Crippen molar-refractivity contribution in [3.8, 4) is 10.4 Å². The van der Waals surface area contributed by atoms with Gasteiger partial charge in [-0.25, -0.2) is 0 Å². The van der Waals surface area contributed by atoms with Gasteiger partial charge in [-0.05, 0) is 29.1 Å². The zero-order valence-electron chi connectivity index (χ0n) is 13.8. The first-order valence-electron chi connectivity index (χ1n) is 8.27. The number of anilines is 1. The molecule has 0 bridgehead atoms. The molecule has 2 N–H and O–H groups in total. The summed E-state index contributed by atoms with van der Waals surface area (Å²) in [5.74, 6) is -0.985. The molecule has 7 nitrogen and oxygen atoms in total. The van der Waals surface area contributed by atoms with Crippen LogP contribution in [0, 0.1) is 0 Å². The molecule has 134 valence electrons. The van der Waals surface area contributed by atoms with E-state index in [1.165, 1.54) is 9.80 Å². The third-order valence-electron chi connectivity index (χ3n) is 4.75. The molecule has 3 heterocycles. The molecule has 1 saturated heterocycles. The summed E-state index contributed by atoms with van der Waals surface area (Å²) in [5, 5.41) is 13.8. The number of benzene rings is 1. The maximum atomic E-state index is 13.1. The second-order valence-electron chi connectivity index (χ2n) is 6.24. The Bertz CT molecular complexity index is 881. The van der Waals surface area contributed by atoms with Gasteiger partial charge in [0.25, 0.3) is 5.91 Å². The second kappa shape index (κ2) is 6.54. The van der Waals surface area contributed by atoms with Crippen LogP contribution in [0.5, 0.6) is 0 Å². The Morgan fingerprint density at radius 1 is 1.27 bits per heavy atom. The highest BCUT2D eigenvalue weighted by Gasteiger charge is 2.40. The highest BCUT2D eigenvalue weighted by Crippen LogP contribution is 2.31. The molecular weight excluding hydrogens is 354 g/mol. The largest absolute Gasteiger partial charge is 0.387 e. The van der Waals surface area contributed by atoms with Gasteiger partial charge < -0.3 is 20.2 Å². The molecule has 4 rings (SSSR count). The normalized spacial score (nSPS) is 19.5. The topological polar surface area (TPSA) is 90.0 Å². The van der Waals surface area contributed by atoms with Gasteiger partial charge in [0.2, 0.25) is 11.8 Å². The minimum Gasteiger partial charge on any atom is -0.387 e. The molecule has 2 aliphatic heterocycles. The van der Waals surface area contributed by atoms with Crippen LogP contribution in [0.1, 0.15) is 10.4 Å². The number of nitrogens with one attached hydrogen (secondary N) is 1. The van der Waals surface area contributed by atoms with Gasteiger partial charge in [0.15, 0.2) is 0 Å². The van der Waals surface area contributed by atoms with Crippen molar-refractivity contribution in [1.29, 1.82) is 0 Å². The van der Waals surface area contributed by atoms with Gasteiger partial charge in [-0.1, -0.05) is 12.1 Å². The predicted molar refractivity (Wildman–Crippen MR) is 96.9 cm³/mol. The lowest BCUT2D eigenvalue weighted by Crippen LogP contribution is -2.59. The van der Waals surface area contributed by atoms with E-state index < -0.39 is 18.6 Å². The molecule has 3 amide bonds. The summed E-state index contributed by atoms with van der Waals surface area (Å²) < 4.78 is 0. The number of fused-ring (bicyclic) bond motifs is 2. The number of aliphatic hydroxyl groups excluding tert-OH is 1. The minimum absolute atomic E-state index is 0.0860. The zero-order chi connectivity index (χ0) is 18.3. The molecule has 0 saturated carbocycles. The van der Waals surface area contributed by atoms with Gasteiger partial charge in [0.05, 0.1) is 17.8 Å². The first-order chi connectivity index (χ1) is 12.6. The van der Waals surface area contributed by atoms with Crippen molar-refractivity contribution in [3.63, 3.8) is 0 Å². The highest BCUT2D eigenvalue weighted by atomic mass is 32.1. The lowest BCUT2D eigenvalue weighted by Gasteiger charge is -2.39. The molecule has 1 aromatic carbocycles. The number of aliphatic hydroxyl groups is 1. The zero-order valence-corrected chi connectivity index (χ0v) is 14.7. The summed E-state index contributed by atoms with van der Waals surface area (Å²) in [4.78, 5) is 41.4. The number of thiophene rings is 1. The number of hydrogen-bond donors (Lipinski definition) is 2. The number of hydrogen-bond acceptors (Lipinski definition) is 5. The summed E-state index contributed by atoms with van der Waals surface area (Å²) in [6.45, 7) is 0.0373. The fourth-order valence-corrected chi connectivity index (χ4v) is 4.10. The van der Waals surface area contributed by atoms with Crippen molar-refractivity contribution in [1.82, 2.24) is 9.80 Å². The number of rotatable bonds is 2. The van der Waals surface area contributed by atoms with Crippen LogP contribution < -0.4 is 5.32 Å². The first-order valence-corrected chi connectivity index (χ1v) is 9.15. The molecule has 1 atom stereocenters. The van der Waals surface area contributed by atoms with Gasteiger partial charge in [-0.15, -0.1) is 11.3 Å². The van der Waals surface area contributed by atoms with E-state index >= 15 is 0 Å². The molecule has 1 fully saturated rings. The highest BCUT2D eigenvalue weighted by molar-refractivity contribution is 7.13. The smallest absolute Gasteiger partial charge is 0.256 e. The van der Waals surface area contributed by atoms with Crippen molar-refractivity contribution in [2.45, 2.75) is 6.04 Å². The molecule has 2 aromatic rings. The van der Waals surface area contributed by atoms with Crippen molar-refractivity contribution in [3.05, 3.63) is 41.3 Å². The number of carbonyl (C=O) groups is 3. The van der Waals surface area contributed by atoms with Gasteiger partial charge in [0.1, 0.15) is 12.6 Å². The number of carbonyl (C=O) groups excluding carboxylic acids is 3. The van der Waals surface area contributed by atoms with Gasteiger partial charge in [0, 0.05) is 18.0 Å². The summed E-state index contributed by atoms with van der Waals surface area (Å²) in [6.07, 6.45) is 0. The Morgan fingerprint density at radius 3 is 2.85 bits per heavy atom. The van der Waals surface area contributed by atoms with Crippen LogP contribution in [0.3, 0.4) is 0 Å². The third kappa shape index (κ3) is 2.77. The van der Waals surface area contributed by atoms with Crippen molar-refractivity contribution >= 4 is 34.7 Å². The van der Waals surface area contributed by atoms with E-state index in [0.717, 1.165) is 10.4 Å². The van der Waals surface area contributed by atoms with E-state index in [2.05, 4.69) is 5.32 Å². The van der Waals surface area contributed by atoms with Gasteiger partial charge >= 0.3 is 0 Å². The lowest BCUT2D eigenvalue weighted by molar-refractivity contribution is -0.138. The standard InChI is InChI=1S/C18H17N3O4S/c22-10-16(23)20-5-6-21-14(9-20)17(24)19-13-4-3-11(8-12(13)18(21)25)15-2-1-7-26-15/h1-4,7-8,14,22H,5-6,9-10H2,(H,19,24)/t14-/m1/s1. The Kier molecular flexibility index (Phi) is 4.21. The molecular formula is C18H17N3O4S. The minimum atomic E-state index is -0.760. The molecule has 8 heteroatoms. The van der Waals surface area contributed by atoms with E-state index in [-0.39, 0.29) is 24.9 Å². The molecule has 0 radical (unpaired) electrons. The monoisotopic (exact) mass is 371 g/mol. The number of piperazine rings is 1. The van der Waals surface area contributed by atoms with E-state index in [9.17, 15) is 14.4 Å². The fraction of sp³-hybridized carbons (Fsp3) is 0.278. The quantitative estimate of drug-likeness (QED) is 0.825. The molecule has 0 aliphatic carbocycles. The van der Waals surface area contributed by atoms with Crippen LogP contribution in [-0.4, -0.2) is 64.9 Å². The van der Waals surface area contributed by atoms with Crippen LogP contribution in [0.25, 0.3) is 10.4 Å². The second-order valence-corrected chi connectivity index (χ2v) is 7.19. The predicted octanol–water partition coefficient (Wildman–Crippen LogP) is 1.01. The summed E-state index contributed by atoms with van der Waals surface area (Å²) in [5.41, 5.74) is 1.86. The Labute approximate surface area is 153 Å². The van der Waals surface area contributed by atoms with Crippen molar-refractivity contribution in [2.24, 2.45) is 0 Å². The SMILES string of the molecule is O=C1Nc2ccc(-c3cccs3)cc2C(=O)N2CCN(C(=O)CO)C[C@H]12. The first kappa shape index (κ1) is 16.7. The molecule has 0 unspecified atom stereocenters. The summed E-state index contributed by atoms with van der Waals surface area (Å²) in [6, 6.07) is 8.60. The van der Waals surface area contributed by atoms with E-state index in [1.54, 1.807) is 23.5 Å². The molecule has 0 spiro atoms. The fourth-order valence-electron chi connectivity index (χ4n) is 3.37. The maximum Gasteiger partial charge on any atom is 0.256 e. The van der Waals surface area contributed by atoms with E-state index in [4.69, 9.17) is 5.11 Å². The Morgan fingerprint density at radius 2 is 2.12 bits per heavy atom. The number of amides is 3. The van der Waals surface area contributed by atoms with E-state index in [1.807, 2.05) is 23.6 Å². The summed E-state index contributed by atoms with van der Waals surface area (Å²) in [7, 11) is 0. The third-order valence-corrected chi connectivity index (χ3v) is 5.66. The van der Waals surface area contributed by atoms with Gasteiger partial charge in [-0.2, -0.15) is 0 Å².